The molecule has 0 saturated carbocycles. The van der Waals surface area contributed by atoms with Gasteiger partial charge in [-0.25, -0.2) is 12.8 Å². The number of benzene rings is 2. The van der Waals surface area contributed by atoms with E-state index in [9.17, 15) is 17.6 Å². The predicted octanol–water partition coefficient (Wildman–Crippen LogP) is 3.42. The molecule has 0 spiro atoms. The van der Waals surface area contributed by atoms with Crippen LogP contribution in [0.4, 0.5) is 14.9 Å². The highest BCUT2D eigenvalue weighted by atomic mass is 32.2. The van der Waals surface area contributed by atoms with Crippen molar-refractivity contribution < 1.29 is 27.1 Å². The zero-order valence-electron chi connectivity index (χ0n) is 15.1. The van der Waals surface area contributed by atoms with Crippen molar-refractivity contribution in [2.75, 3.05) is 33.0 Å². The van der Waals surface area contributed by atoms with Crippen molar-refractivity contribution in [3.05, 3.63) is 42.2 Å². The van der Waals surface area contributed by atoms with Crippen molar-refractivity contribution in [2.24, 2.45) is 0 Å². The maximum Gasteiger partial charge on any atom is 0.285 e. The molecule has 0 unspecified atom stereocenters. The molecule has 0 aliphatic carbocycles. The summed E-state index contributed by atoms with van der Waals surface area (Å²) in [5.41, 5.74) is 0.195. The standard InChI is InChI=1S/C17H19FN2O5S2/c1-20(2)17(21)26-12-7-5-6-11(8-12)19-27(22,23)16-10-15(25-4)14(24-3)9-13(16)18/h5-10,19H,1-4H3. The average Bonchev–Trinajstić information content (AvgIpc) is 2.60. The molecule has 2 aromatic carbocycles. The number of carbonyl (C=O) groups is 1. The highest BCUT2D eigenvalue weighted by Gasteiger charge is 2.23. The van der Waals surface area contributed by atoms with Gasteiger partial charge >= 0.3 is 0 Å². The lowest BCUT2D eigenvalue weighted by Gasteiger charge is -2.13. The first kappa shape index (κ1) is 20.8. The van der Waals surface area contributed by atoms with Gasteiger partial charge in [0.25, 0.3) is 15.3 Å². The zero-order chi connectivity index (χ0) is 20.2. The molecule has 0 bridgehead atoms. The number of sulfonamides is 1. The fourth-order valence-corrected chi connectivity index (χ4v) is 3.91. The minimum absolute atomic E-state index is 0.0783. The number of halogens is 1. The zero-order valence-corrected chi connectivity index (χ0v) is 16.8. The molecule has 0 saturated heterocycles. The van der Waals surface area contributed by atoms with Gasteiger partial charge in [-0.2, -0.15) is 0 Å². The molecule has 1 N–H and O–H groups in total. The second-order valence-corrected chi connectivity index (χ2v) is 8.21. The molecular formula is C17H19FN2O5S2. The lowest BCUT2D eigenvalue weighted by atomic mass is 10.3. The maximum atomic E-state index is 14.3. The number of amides is 1. The van der Waals surface area contributed by atoms with Crippen LogP contribution in [0.5, 0.6) is 11.5 Å². The SMILES string of the molecule is COc1cc(F)c(S(=O)(=O)Nc2cccc(SC(=O)N(C)C)c2)cc1OC. The molecule has 2 aromatic rings. The van der Waals surface area contributed by atoms with Gasteiger partial charge in [-0.05, 0) is 30.0 Å². The van der Waals surface area contributed by atoms with Gasteiger partial charge < -0.3 is 14.4 Å². The first-order chi connectivity index (χ1) is 12.7. The summed E-state index contributed by atoms with van der Waals surface area (Å²) in [6.07, 6.45) is 0. The summed E-state index contributed by atoms with van der Waals surface area (Å²) in [4.78, 5) is 13.1. The monoisotopic (exact) mass is 414 g/mol. The number of nitrogens with one attached hydrogen (secondary N) is 1. The molecule has 0 heterocycles. The Bertz CT molecular complexity index is 948. The molecule has 0 aliphatic rings. The first-order valence-corrected chi connectivity index (χ1v) is 9.91. The van der Waals surface area contributed by atoms with Crippen LogP contribution in [0.15, 0.2) is 46.2 Å². The van der Waals surface area contributed by atoms with E-state index in [-0.39, 0.29) is 22.4 Å². The number of hydrogen-bond donors (Lipinski definition) is 1. The highest BCUT2D eigenvalue weighted by Crippen LogP contribution is 2.33. The number of hydrogen-bond acceptors (Lipinski definition) is 6. The largest absolute Gasteiger partial charge is 0.493 e. The van der Waals surface area contributed by atoms with E-state index >= 15 is 0 Å². The second-order valence-electron chi connectivity index (χ2n) is 5.53. The van der Waals surface area contributed by atoms with Gasteiger partial charge in [-0.3, -0.25) is 9.52 Å². The Morgan fingerprint density at radius 3 is 2.33 bits per heavy atom. The molecule has 146 valence electrons. The number of thioether (sulfide) groups is 1. The fourth-order valence-electron chi connectivity index (χ4n) is 2.07. The number of anilines is 1. The lowest BCUT2D eigenvalue weighted by molar-refractivity contribution is 0.241. The molecule has 27 heavy (non-hydrogen) atoms. The highest BCUT2D eigenvalue weighted by molar-refractivity contribution is 8.13. The number of rotatable bonds is 6. The van der Waals surface area contributed by atoms with Crippen LogP contribution in [0.2, 0.25) is 0 Å². The van der Waals surface area contributed by atoms with Crippen LogP contribution >= 0.6 is 11.8 Å². The van der Waals surface area contributed by atoms with E-state index in [2.05, 4.69) is 4.72 Å². The maximum absolute atomic E-state index is 14.3. The molecule has 0 atom stereocenters. The van der Waals surface area contributed by atoms with Gasteiger partial charge in [-0.15, -0.1) is 0 Å². The van der Waals surface area contributed by atoms with Gasteiger partial charge in [0.1, 0.15) is 10.7 Å². The summed E-state index contributed by atoms with van der Waals surface area (Å²) in [6, 6.07) is 8.23. The number of ether oxygens (including phenoxy) is 2. The molecule has 0 radical (unpaired) electrons. The first-order valence-electron chi connectivity index (χ1n) is 7.61. The Balaban J connectivity index is 2.33. The van der Waals surface area contributed by atoms with Gasteiger partial charge in [0.15, 0.2) is 11.5 Å². The van der Waals surface area contributed by atoms with Crippen LogP contribution in [-0.2, 0) is 10.0 Å². The summed E-state index contributed by atoms with van der Waals surface area (Å²) in [7, 11) is 1.64. The molecule has 0 fully saturated rings. The summed E-state index contributed by atoms with van der Waals surface area (Å²) >= 11 is 0.943. The minimum Gasteiger partial charge on any atom is -0.493 e. The molecule has 10 heteroatoms. The molecule has 7 nitrogen and oxygen atoms in total. The summed E-state index contributed by atoms with van der Waals surface area (Å²) < 4.78 is 51.8. The third-order valence-electron chi connectivity index (χ3n) is 3.38. The Morgan fingerprint density at radius 1 is 1.11 bits per heavy atom. The van der Waals surface area contributed by atoms with Crippen LogP contribution in [0.1, 0.15) is 0 Å². The van der Waals surface area contributed by atoms with Gasteiger partial charge in [-0.1, -0.05) is 6.07 Å². The van der Waals surface area contributed by atoms with E-state index in [1.165, 1.54) is 31.3 Å². The van der Waals surface area contributed by atoms with Crippen molar-refractivity contribution in [3.8, 4) is 11.5 Å². The lowest BCUT2D eigenvalue weighted by Crippen LogP contribution is -2.16. The third-order valence-corrected chi connectivity index (χ3v) is 5.81. The van der Waals surface area contributed by atoms with Crippen LogP contribution < -0.4 is 14.2 Å². The van der Waals surface area contributed by atoms with Crippen molar-refractivity contribution in [3.63, 3.8) is 0 Å². The fraction of sp³-hybridized carbons (Fsp3) is 0.235. The molecule has 0 aliphatic heterocycles. The van der Waals surface area contributed by atoms with Crippen LogP contribution in [0, 0.1) is 5.82 Å². The van der Waals surface area contributed by atoms with E-state index in [0.717, 1.165) is 23.9 Å². The van der Waals surface area contributed by atoms with Crippen molar-refractivity contribution >= 4 is 32.7 Å². The van der Waals surface area contributed by atoms with Gasteiger partial charge in [0, 0.05) is 36.8 Å². The number of methoxy groups -OCH3 is 2. The number of nitrogens with zero attached hydrogens (tertiary/aromatic N) is 1. The summed E-state index contributed by atoms with van der Waals surface area (Å²) in [5, 5.41) is -0.207. The Hall–Kier alpha value is -2.46. The Kier molecular flexibility index (Phi) is 6.55. The van der Waals surface area contributed by atoms with Crippen molar-refractivity contribution in [1.29, 1.82) is 0 Å². The predicted molar refractivity (Wildman–Crippen MR) is 102 cm³/mol. The van der Waals surface area contributed by atoms with E-state index < -0.39 is 20.7 Å². The quantitative estimate of drug-likeness (QED) is 0.729. The molecule has 2 rings (SSSR count). The minimum atomic E-state index is -4.23. The summed E-state index contributed by atoms with van der Waals surface area (Å²) in [6.45, 7) is 0. The Morgan fingerprint density at radius 2 is 1.74 bits per heavy atom. The van der Waals surface area contributed by atoms with Gasteiger partial charge in [0.05, 0.1) is 14.2 Å². The summed E-state index contributed by atoms with van der Waals surface area (Å²) in [5.74, 6) is -0.817. The molecular weight excluding hydrogens is 395 g/mol. The average molecular weight is 414 g/mol. The van der Waals surface area contributed by atoms with E-state index in [1.807, 2.05) is 0 Å². The van der Waals surface area contributed by atoms with Crippen LogP contribution in [0.3, 0.4) is 0 Å². The topological polar surface area (TPSA) is 84.9 Å². The van der Waals surface area contributed by atoms with E-state index in [1.54, 1.807) is 26.2 Å². The Labute approximate surface area is 161 Å². The van der Waals surface area contributed by atoms with E-state index in [0.29, 0.717) is 4.90 Å². The second kappa shape index (κ2) is 8.49. The van der Waals surface area contributed by atoms with E-state index in [4.69, 9.17) is 9.47 Å². The third kappa shape index (κ3) is 5.04. The van der Waals surface area contributed by atoms with Crippen molar-refractivity contribution in [2.45, 2.75) is 9.79 Å². The smallest absolute Gasteiger partial charge is 0.285 e. The van der Waals surface area contributed by atoms with Gasteiger partial charge in [0.2, 0.25) is 0 Å². The van der Waals surface area contributed by atoms with Crippen LogP contribution in [0.25, 0.3) is 0 Å². The van der Waals surface area contributed by atoms with Crippen LogP contribution in [-0.4, -0.2) is 46.9 Å². The molecule has 1 amide bonds. The normalized spacial score (nSPS) is 11.0. The van der Waals surface area contributed by atoms with Crippen molar-refractivity contribution in [1.82, 2.24) is 4.90 Å². The molecule has 0 aromatic heterocycles. The number of carbonyl (C=O) groups excluding carboxylic acids is 1.